The number of para-hydroxylation sites is 1. The second kappa shape index (κ2) is 6.84. The summed E-state index contributed by atoms with van der Waals surface area (Å²) in [5, 5.41) is 9.10. The second-order valence-electron chi connectivity index (χ2n) is 5.53. The summed E-state index contributed by atoms with van der Waals surface area (Å²) in [4.78, 5) is 12.0. The smallest absolute Gasteiger partial charge is 0.222 e. The van der Waals surface area contributed by atoms with Gasteiger partial charge in [0.1, 0.15) is 0 Å². The molecule has 0 saturated heterocycles. The summed E-state index contributed by atoms with van der Waals surface area (Å²) < 4.78 is 1.90. The second-order valence-corrected chi connectivity index (χ2v) is 5.97. The van der Waals surface area contributed by atoms with Crippen molar-refractivity contribution in [2.45, 2.75) is 26.4 Å². The van der Waals surface area contributed by atoms with E-state index in [-0.39, 0.29) is 5.91 Å². The number of carbonyl (C=O) groups is 1. The minimum absolute atomic E-state index is 0.0113. The molecule has 3 aromatic rings. The first-order valence-corrected chi connectivity index (χ1v) is 7.93. The maximum absolute atomic E-state index is 12.0. The van der Waals surface area contributed by atoms with E-state index in [0.29, 0.717) is 24.5 Å². The molecule has 0 fully saturated rings. The Labute approximate surface area is 140 Å². The van der Waals surface area contributed by atoms with E-state index in [1.807, 2.05) is 47.3 Å². The molecule has 0 atom stereocenters. The van der Waals surface area contributed by atoms with E-state index in [4.69, 9.17) is 11.6 Å². The first-order chi connectivity index (χ1) is 11.1. The molecule has 118 valence electrons. The van der Waals surface area contributed by atoms with Crippen LogP contribution in [0, 0.1) is 6.92 Å². The van der Waals surface area contributed by atoms with Crippen LogP contribution in [0.2, 0.25) is 5.02 Å². The molecule has 1 N–H and O–H groups in total. The van der Waals surface area contributed by atoms with Crippen LogP contribution in [0.4, 0.5) is 0 Å². The quantitative estimate of drug-likeness (QED) is 0.776. The van der Waals surface area contributed by atoms with Crippen LogP contribution >= 0.6 is 11.6 Å². The molecule has 1 amide bonds. The summed E-state index contributed by atoms with van der Waals surface area (Å²) in [7, 11) is 0. The minimum Gasteiger partial charge on any atom is -0.352 e. The number of hydrogen-bond acceptors (Lipinski definition) is 2. The first kappa shape index (κ1) is 15.6. The van der Waals surface area contributed by atoms with Crippen molar-refractivity contribution in [3.05, 3.63) is 64.8 Å². The average molecular weight is 328 g/mol. The highest BCUT2D eigenvalue weighted by molar-refractivity contribution is 6.30. The zero-order chi connectivity index (χ0) is 16.2. The van der Waals surface area contributed by atoms with E-state index in [9.17, 15) is 4.79 Å². The number of nitrogens with one attached hydrogen (secondary N) is 1. The molecular formula is C18H18ClN3O. The Balaban J connectivity index is 1.57. The molecule has 0 unspecified atom stereocenters. The van der Waals surface area contributed by atoms with Crippen molar-refractivity contribution in [2.24, 2.45) is 0 Å². The maximum Gasteiger partial charge on any atom is 0.222 e. The van der Waals surface area contributed by atoms with Gasteiger partial charge in [-0.3, -0.25) is 9.48 Å². The molecule has 0 bridgehead atoms. The number of amides is 1. The molecule has 2 aromatic carbocycles. The molecule has 3 rings (SSSR count). The summed E-state index contributed by atoms with van der Waals surface area (Å²) in [6.45, 7) is 3.14. The Bertz CT molecular complexity index is 824. The molecule has 4 nitrogen and oxygen atoms in total. The third kappa shape index (κ3) is 3.71. The molecule has 1 aromatic heterocycles. The molecule has 0 saturated carbocycles. The van der Waals surface area contributed by atoms with Gasteiger partial charge in [0.25, 0.3) is 0 Å². The van der Waals surface area contributed by atoms with Gasteiger partial charge in [0.2, 0.25) is 5.91 Å². The van der Waals surface area contributed by atoms with Crippen LogP contribution in [-0.2, 0) is 17.9 Å². The largest absolute Gasteiger partial charge is 0.352 e. The van der Waals surface area contributed by atoms with E-state index in [0.717, 1.165) is 16.5 Å². The number of rotatable bonds is 5. The summed E-state index contributed by atoms with van der Waals surface area (Å²) in [6.07, 6.45) is 2.24. The Morgan fingerprint density at radius 2 is 2.00 bits per heavy atom. The van der Waals surface area contributed by atoms with Crippen LogP contribution in [0.3, 0.4) is 0 Å². The summed E-state index contributed by atoms with van der Waals surface area (Å²) in [6, 6.07) is 13.6. The van der Waals surface area contributed by atoms with Crippen LogP contribution in [-0.4, -0.2) is 15.7 Å². The van der Waals surface area contributed by atoms with Crippen molar-refractivity contribution in [3.8, 4) is 0 Å². The third-order valence-corrected chi connectivity index (χ3v) is 4.07. The van der Waals surface area contributed by atoms with Crippen molar-refractivity contribution in [2.75, 3.05) is 0 Å². The topological polar surface area (TPSA) is 46.9 Å². The lowest BCUT2D eigenvalue weighted by molar-refractivity contribution is -0.121. The lowest BCUT2D eigenvalue weighted by atomic mass is 10.2. The number of aryl methyl sites for hydroxylation is 2. The van der Waals surface area contributed by atoms with Crippen molar-refractivity contribution in [3.63, 3.8) is 0 Å². The molecule has 1 heterocycles. The van der Waals surface area contributed by atoms with E-state index in [1.54, 1.807) is 0 Å². The van der Waals surface area contributed by atoms with E-state index in [2.05, 4.69) is 23.4 Å². The summed E-state index contributed by atoms with van der Waals surface area (Å²) in [5.74, 6) is 0.0113. The number of fused-ring (bicyclic) bond motifs is 1. The molecular weight excluding hydrogens is 310 g/mol. The van der Waals surface area contributed by atoms with Gasteiger partial charge in [0.05, 0.1) is 18.3 Å². The number of nitrogens with zero attached hydrogens (tertiary/aromatic N) is 2. The van der Waals surface area contributed by atoms with E-state index >= 15 is 0 Å². The zero-order valence-corrected chi connectivity index (χ0v) is 13.7. The van der Waals surface area contributed by atoms with Gasteiger partial charge in [0, 0.05) is 23.4 Å². The summed E-state index contributed by atoms with van der Waals surface area (Å²) >= 11 is 5.84. The minimum atomic E-state index is 0.0113. The highest BCUT2D eigenvalue weighted by Crippen LogP contribution is 2.17. The Morgan fingerprint density at radius 1 is 1.22 bits per heavy atom. The van der Waals surface area contributed by atoms with Crippen molar-refractivity contribution in [1.29, 1.82) is 0 Å². The molecule has 0 aliphatic rings. The SMILES string of the molecule is Cc1cccc2cnn(CCC(=O)NCc3ccc(Cl)cc3)c12. The Kier molecular flexibility index (Phi) is 4.63. The first-order valence-electron chi connectivity index (χ1n) is 7.56. The lowest BCUT2D eigenvalue weighted by Gasteiger charge is -2.07. The zero-order valence-electron chi connectivity index (χ0n) is 12.9. The van der Waals surface area contributed by atoms with Gasteiger partial charge in [-0.15, -0.1) is 0 Å². The fourth-order valence-corrected chi connectivity index (χ4v) is 2.72. The molecule has 0 spiro atoms. The normalized spacial score (nSPS) is 10.9. The van der Waals surface area contributed by atoms with Gasteiger partial charge in [-0.05, 0) is 30.2 Å². The number of benzene rings is 2. The predicted octanol–water partition coefficient (Wildman–Crippen LogP) is 3.70. The van der Waals surface area contributed by atoms with Gasteiger partial charge < -0.3 is 5.32 Å². The monoisotopic (exact) mass is 327 g/mol. The average Bonchev–Trinajstić information content (AvgIpc) is 2.97. The van der Waals surface area contributed by atoms with Crippen molar-refractivity contribution in [1.82, 2.24) is 15.1 Å². The molecule has 0 aliphatic heterocycles. The van der Waals surface area contributed by atoms with Gasteiger partial charge in [-0.2, -0.15) is 5.10 Å². The molecule has 0 aliphatic carbocycles. The highest BCUT2D eigenvalue weighted by atomic mass is 35.5. The predicted molar refractivity (Wildman–Crippen MR) is 92.4 cm³/mol. The number of carbonyl (C=O) groups excluding carboxylic acids is 1. The molecule has 0 radical (unpaired) electrons. The fraction of sp³-hybridized carbons (Fsp3) is 0.222. The Hall–Kier alpha value is -2.33. The van der Waals surface area contributed by atoms with Crippen LogP contribution in [0.1, 0.15) is 17.5 Å². The van der Waals surface area contributed by atoms with Crippen molar-refractivity contribution < 1.29 is 4.79 Å². The molecule has 23 heavy (non-hydrogen) atoms. The number of halogens is 1. The van der Waals surface area contributed by atoms with Gasteiger partial charge in [-0.25, -0.2) is 0 Å². The third-order valence-electron chi connectivity index (χ3n) is 3.82. The van der Waals surface area contributed by atoms with Crippen LogP contribution < -0.4 is 5.32 Å². The Morgan fingerprint density at radius 3 is 2.78 bits per heavy atom. The lowest BCUT2D eigenvalue weighted by Crippen LogP contribution is -2.24. The van der Waals surface area contributed by atoms with E-state index < -0.39 is 0 Å². The maximum atomic E-state index is 12.0. The summed E-state index contributed by atoms with van der Waals surface area (Å²) in [5.41, 5.74) is 3.29. The number of hydrogen-bond donors (Lipinski definition) is 1. The van der Waals surface area contributed by atoms with Gasteiger partial charge >= 0.3 is 0 Å². The van der Waals surface area contributed by atoms with E-state index in [1.165, 1.54) is 5.56 Å². The van der Waals surface area contributed by atoms with Crippen molar-refractivity contribution >= 4 is 28.4 Å². The van der Waals surface area contributed by atoms with Gasteiger partial charge in [-0.1, -0.05) is 41.9 Å². The standard InChI is InChI=1S/C18H18ClN3O/c1-13-3-2-4-15-12-21-22(18(13)15)10-9-17(23)20-11-14-5-7-16(19)8-6-14/h2-8,12H,9-11H2,1H3,(H,20,23). The fourth-order valence-electron chi connectivity index (χ4n) is 2.60. The van der Waals surface area contributed by atoms with Crippen LogP contribution in [0.5, 0.6) is 0 Å². The number of aromatic nitrogens is 2. The van der Waals surface area contributed by atoms with Gasteiger partial charge in [0.15, 0.2) is 0 Å². The van der Waals surface area contributed by atoms with Crippen LogP contribution in [0.15, 0.2) is 48.7 Å². The molecule has 5 heteroatoms. The highest BCUT2D eigenvalue weighted by Gasteiger charge is 2.07. The van der Waals surface area contributed by atoms with Crippen LogP contribution in [0.25, 0.3) is 10.9 Å².